The molecule has 2 aliphatic heterocycles. The molecule has 0 aliphatic carbocycles. The highest BCUT2D eigenvalue weighted by Crippen LogP contribution is 2.30. The van der Waals surface area contributed by atoms with Crippen molar-refractivity contribution < 1.29 is 14.3 Å². The zero-order valence-electron chi connectivity index (χ0n) is 12.5. The molecule has 5 heteroatoms. The monoisotopic (exact) mass is 270 g/mol. The Morgan fingerprint density at radius 2 is 1.53 bits per heavy atom. The van der Waals surface area contributed by atoms with E-state index in [1.807, 2.05) is 32.6 Å². The number of morpholine rings is 1. The highest BCUT2D eigenvalue weighted by Gasteiger charge is 2.45. The molecule has 0 atom stereocenters. The van der Waals surface area contributed by atoms with Gasteiger partial charge in [-0.05, 0) is 40.5 Å². The van der Waals surface area contributed by atoms with Crippen molar-refractivity contribution in [3.8, 4) is 0 Å². The molecule has 2 aliphatic rings. The van der Waals surface area contributed by atoms with Crippen LogP contribution in [-0.4, -0.2) is 53.9 Å². The molecule has 2 rings (SSSR count). The van der Waals surface area contributed by atoms with Crippen molar-refractivity contribution in [1.29, 1.82) is 0 Å². The second-order valence-corrected chi connectivity index (χ2v) is 7.05. The van der Waals surface area contributed by atoms with Gasteiger partial charge in [-0.1, -0.05) is 0 Å². The Balaban J connectivity index is 2.14. The number of hydrogen-bond acceptors (Lipinski definition) is 4. The topological polar surface area (TPSA) is 64.8 Å². The standard InChI is InChI=1S/C14H26N2O3/c1-12(2)9-16(10-13(3,4)19-12)11(17)14(15)5-7-18-8-6-14/h5-10,15H2,1-4H3. The molecule has 0 aromatic rings. The van der Waals surface area contributed by atoms with Crippen LogP contribution in [0.2, 0.25) is 0 Å². The van der Waals surface area contributed by atoms with Gasteiger partial charge in [0.25, 0.3) is 0 Å². The third-order valence-electron chi connectivity index (χ3n) is 3.79. The lowest BCUT2D eigenvalue weighted by atomic mass is 9.88. The molecule has 0 bridgehead atoms. The first-order chi connectivity index (χ1) is 8.64. The van der Waals surface area contributed by atoms with Gasteiger partial charge in [0.2, 0.25) is 5.91 Å². The fourth-order valence-electron chi connectivity index (χ4n) is 3.20. The van der Waals surface area contributed by atoms with E-state index in [1.54, 1.807) is 0 Å². The smallest absolute Gasteiger partial charge is 0.243 e. The summed E-state index contributed by atoms with van der Waals surface area (Å²) in [6.07, 6.45) is 1.20. The molecule has 2 N–H and O–H groups in total. The lowest BCUT2D eigenvalue weighted by molar-refractivity contribution is -0.192. The van der Waals surface area contributed by atoms with E-state index in [0.29, 0.717) is 39.1 Å². The minimum atomic E-state index is -0.762. The Morgan fingerprint density at radius 3 is 2.00 bits per heavy atom. The summed E-state index contributed by atoms with van der Waals surface area (Å²) in [6, 6.07) is 0. The molecular formula is C14H26N2O3. The third kappa shape index (κ3) is 3.27. The molecule has 0 radical (unpaired) electrons. The van der Waals surface area contributed by atoms with Gasteiger partial charge in [-0.3, -0.25) is 4.79 Å². The zero-order chi connectivity index (χ0) is 14.3. The molecule has 19 heavy (non-hydrogen) atoms. The van der Waals surface area contributed by atoms with Gasteiger partial charge >= 0.3 is 0 Å². The van der Waals surface area contributed by atoms with Crippen LogP contribution in [0.25, 0.3) is 0 Å². The molecular weight excluding hydrogens is 244 g/mol. The number of ether oxygens (including phenoxy) is 2. The summed E-state index contributed by atoms with van der Waals surface area (Å²) in [6.45, 7) is 10.4. The quantitative estimate of drug-likeness (QED) is 0.769. The van der Waals surface area contributed by atoms with Crippen LogP contribution in [0.1, 0.15) is 40.5 Å². The van der Waals surface area contributed by atoms with Crippen molar-refractivity contribution in [2.24, 2.45) is 5.73 Å². The average Bonchev–Trinajstić information content (AvgIpc) is 2.24. The molecule has 2 saturated heterocycles. The normalized spacial score (nSPS) is 29.0. The maximum Gasteiger partial charge on any atom is 0.243 e. The molecule has 2 heterocycles. The lowest BCUT2D eigenvalue weighted by Gasteiger charge is -2.49. The third-order valence-corrected chi connectivity index (χ3v) is 3.79. The van der Waals surface area contributed by atoms with Crippen LogP contribution in [0.5, 0.6) is 0 Å². The van der Waals surface area contributed by atoms with E-state index < -0.39 is 5.54 Å². The summed E-state index contributed by atoms with van der Waals surface area (Å²) in [5, 5.41) is 0. The molecule has 110 valence electrons. The van der Waals surface area contributed by atoms with Gasteiger partial charge in [-0.2, -0.15) is 0 Å². The minimum Gasteiger partial charge on any atom is -0.381 e. The Hall–Kier alpha value is -0.650. The predicted molar refractivity (Wildman–Crippen MR) is 72.8 cm³/mol. The van der Waals surface area contributed by atoms with E-state index in [2.05, 4.69) is 0 Å². The van der Waals surface area contributed by atoms with Crippen LogP contribution in [0.15, 0.2) is 0 Å². The SMILES string of the molecule is CC1(C)CN(C(=O)C2(N)CCOCC2)CC(C)(C)O1. The Morgan fingerprint density at radius 1 is 1.05 bits per heavy atom. The average molecular weight is 270 g/mol. The largest absolute Gasteiger partial charge is 0.381 e. The van der Waals surface area contributed by atoms with Crippen molar-refractivity contribution in [2.45, 2.75) is 57.3 Å². The first-order valence-corrected chi connectivity index (χ1v) is 7.00. The Kier molecular flexibility index (Phi) is 3.66. The van der Waals surface area contributed by atoms with Crippen molar-refractivity contribution in [1.82, 2.24) is 4.90 Å². The second-order valence-electron chi connectivity index (χ2n) is 7.05. The van der Waals surface area contributed by atoms with E-state index >= 15 is 0 Å². The lowest BCUT2D eigenvalue weighted by Crippen LogP contribution is -2.65. The summed E-state index contributed by atoms with van der Waals surface area (Å²) in [5.74, 6) is 0.0419. The van der Waals surface area contributed by atoms with Crippen molar-refractivity contribution in [3.05, 3.63) is 0 Å². The van der Waals surface area contributed by atoms with Crippen LogP contribution in [-0.2, 0) is 14.3 Å². The zero-order valence-corrected chi connectivity index (χ0v) is 12.5. The molecule has 0 saturated carbocycles. The van der Waals surface area contributed by atoms with E-state index in [0.717, 1.165) is 0 Å². The van der Waals surface area contributed by atoms with Crippen molar-refractivity contribution in [3.63, 3.8) is 0 Å². The number of amides is 1. The number of rotatable bonds is 1. The van der Waals surface area contributed by atoms with Crippen LogP contribution in [0.3, 0.4) is 0 Å². The first kappa shape index (κ1) is 14.8. The minimum absolute atomic E-state index is 0.0419. The van der Waals surface area contributed by atoms with Crippen LogP contribution >= 0.6 is 0 Å². The molecule has 5 nitrogen and oxygen atoms in total. The van der Waals surface area contributed by atoms with Gasteiger partial charge in [0.05, 0.1) is 16.7 Å². The van der Waals surface area contributed by atoms with Gasteiger partial charge < -0.3 is 20.1 Å². The van der Waals surface area contributed by atoms with Gasteiger partial charge in [0.1, 0.15) is 0 Å². The summed E-state index contributed by atoms with van der Waals surface area (Å²) < 4.78 is 11.3. The first-order valence-electron chi connectivity index (χ1n) is 7.00. The van der Waals surface area contributed by atoms with Gasteiger partial charge in [0.15, 0.2) is 0 Å². The summed E-state index contributed by atoms with van der Waals surface area (Å²) >= 11 is 0. The number of hydrogen-bond donors (Lipinski definition) is 1. The molecule has 0 spiro atoms. The van der Waals surface area contributed by atoms with E-state index in [-0.39, 0.29) is 17.1 Å². The summed E-state index contributed by atoms with van der Waals surface area (Å²) in [4.78, 5) is 14.6. The molecule has 2 fully saturated rings. The number of carbonyl (C=O) groups is 1. The number of nitrogens with zero attached hydrogens (tertiary/aromatic N) is 1. The summed E-state index contributed by atoms with van der Waals surface area (Å²) in [5.41, 5.74) is 4.87. The van der Waals surface area contributed by atoms with Gasteiger partial charge in [-0.15, -0.1) is 0 Å². The maximum absolute atomic E-state index is 12.7. The van der Waals surface area contributed by atoms with Crippen molar-refractivity contribution >= 4 is 5.91 Å². The fraction of sp³-hybridized carbons (Fsp3) is 0.929. The number of carbonyl (C=O) groups excluding carboxylic acids is 1. The second kappa shape index (κ2) is 4.72. The van der Waals surface area contributed by atoms with E-state index in [1.165, 1.54) is 0 Å². The Bertz CT molecular complexity index is 344. The van der Waals surface area contributed by atoms with Crippen LogP contribution in [0, 0.1) is 0 Å². The van der Waals surface area contributed by atoms with Crippen molar-refractivity contribution in [2.75, 3.05) is 26.3 Å². The molecule has 1 amide bonds. The van der Waals surface area contributed by atoms with Gasteiger partial charge in [0, 0.05) is 26.3 Å². The van der Waals surface area contributed by atoms with E-state index in [4.69, 9.17) is 15.2 Å². The molecule has 0 aromatic carbocycles. The predicted octanol–water partition coefficient (Wildman–Crippen LogP) is 0.910. The van der Waals surface area contributed by atoms with Crippen LogP contribution < -0.4 is 5.73 Å². The number of nitrogens with two attached hydrogens (primary N) is 1. The van der Waals surface area contributed by atoms with Crippen LogP contribution in [0.4, 0.5) is 0 Å². The highest BCUT2D eigenvalue weighted by molar-refractivity contribution is 5.86. The maximum atomic E-state index is 12.7. The highest BCUT2D eigenvalue weighted by atomic mass is 16.5. The fourth-order valence-corrected chi connectivity index (χ4v) is 3.20. The van der Waals surface area contributed by atoms with E-state index in [9.17, 15) is 4.79 Å². The van der Waals surface area contributed by atoms with Gasteiger partial charge in [-0.25, -0.2) is 0 Å². The Labute approximate surface area is 115 Å². The summed E-state index contributed by atoms with van der Waals surface area (Å²) in [7, 11) is 0. The molecule has 0 unspecified atom stereocenters. The molecule has 0 aromatic heterocycles.